The fourth-order valence-electron chi connectivity index (χ4n) is 2.38. The molecule has 0 amide bonds. The van der Waals surface area contributed by atoms with E-state index in [0.29, 0.717) is 0 Å². The predicted molar refractivity (Wildman–Crippen MR) is 91.1 cm³/mol. The molecule has 114 valence electrons. The molecule has 0 aliphatic rings. The van der Waals surface area contributed by atoms with E-state index in [1.54, 1.807) is 11.3 Å². The number of aromatic nitrogens is 1. The van der Waals surface area contributed by atoms with Gasteiger partial charge < -0.3 is 9.47 Å². The first kappa shape index (κ1) is 16.0. The number of benzene rings is 1. The van der Waals surface area contributed by atoms with Crippen molar-refractivity contribution in [3.8, 4) is 0 Å². The molecule has 0 radical (unpaired) electrons. The summed E-state index contributed by atoms with van der Waals surface area (Å²) in [5.74, 6) is 0. The molecule has 1 heterocycles. The lowest BCUT2D eigenvalue weighted by Gasteiger charge is -2.18. The molecule has 2 aromatic rings. The van der Waals surface area contributed by atoms with Gasteiger partial charge in [-0.05, 0) is 45.1 Å². The first-order valence-corrected chi connectivity index (χ1v) is 8.59. The first-order valence-electron chi connectivity index (χ1n) is 7.71. The minimum atomic E-state index is 1.02. The van der Waals surface area contributed by atoms with Crippen LogP contribution >= 0.6 is 11.3 Å². The van der Waals surface area contributed by atoms with Crippen LogP contribution < -0.4 is 4.80 Å². The number of rotatable bonds is 7. The van der Waals surface area contributed by atoms with Crippen molar-refractivity contribution in [2.75, 3.05) is 19.6 Å². The molecular formula is C17H25N3S. The molecule has 4 heteroatoms. The predicted octanol–water partition coefficient (Wildman–Crippen LogP) is 3.82. The Bertz CT molecular complexity index is 594. The van der Waals surface area contributed by atoms with Gasteiger partial charge in [-0.2, -0.15) is 0 Å². The van der Waals surface area contributed by atoms with Gasteiger partial charge in [-0.15, -0.1) is 11.3 Å². The van der Waals surface area contributed by atoms with Crippen LogP contribution in [-0.2, 0) is 6.54 Å². The maximum absolute atomic E-state index is 4.77. The van der Waals surface area contributed by atoms with Crippen molar-refractivity contribution in [3.05, 3.63) is 46.2 Å². The van der Waals surface area contributed by atoms with Crippen LogP contribution in [0.3, 0.4) is 0 Å². The fraction of sp³-hybridized carbons (Fsp3) is 0.471. The smallest absolute Gasteiger partial charge is 0.190 e. The summed E-state index contributed by atoms with van der Waals surface area (Å²) in [5, 5.41) is 2.19. The fourth-order valence-corrected chi connectivity index (χ4v) is 3.30. The molecule has 0 bridgehead atoms. The Morgan fingerprint density at radius 2 is 1.86 bits per heavy atom. The quantitative estimate of drug-likeness (QED) is 0.761. The average molecular weight is 303 g/mol. The maximum Gasteiger partial charge on any atom is 0.190 e. The second kappa shape index (κ2) is 8.15. The van der Waals surface area contributed by atoms with Crippen molar-refractivity contribution in [2.45, 2.75) is 33.7 Å². The molecule has 0 aliphatic carbocycles. The van der Waals surface area contributed by atoms with Crippen LogP contribution in [0.1, 0.15) is 26.0 Å². The zero-order chi connectivity index (χ0) is 15.1. The third-order valence-electron chi connectivity index (χ3n) is 3.72. The Labute approximate surface area is 131 Å². The average Bonchev–Trinajstić information content (AvgIpc) is 2.85. The van der Waals surface area contributed by atoms with Crippen molar-refractivity contribution >= 4 is 17.0 Å². The van der Waals surface area contributed by atoms with E-state index in [0.717, 1.165) is 36.7 Å². The Morgan fingerprint density at radius 1 is 1.14 bits per heavy atom. The zero-order valence-corrected chi connectivity index (χ0v) is 14.1. The van der Waals surface area contributed by atoms with Gasteiger partial charge in [0.1, 0.15) is 0 Å². The van der Waals surface area contributed by atoms with Crippen molar-refractivity contribution in [1.82, 2.24) is 9.47 Å². The molecular weight excluding hydrogens is 278 g/mol. The van der Waals surface area contributed by atoms with Gasteiger partial charge in [0, 0.05) is 17.6 Å². The molecule has 0 spiro atoms. The minimum absolute atomic E-state index is 1.02. The van der Waals surface area contributed by atoms with Crippen LogP contribution in [0.4, 0.5) is 5.69 Å². The zero-order valence-electron chi connectivity index (χ0n) is 13.2. The third kappa shape index (κ3) is 4.55. The lowest BCUT2D eigenvalue weighted by molar-refractivity contribution is 0.292. The van der Waals surface area contributed by atoms with Crippen LogP contribution in [0.2, 0.25) is 0 Å². The summed E-state index contributed by atoms with van der Waals surface area (Å²) in [5.41, 5.74) is 2.33. The summed E-state index contributed by atoms with van der Waals surface area (Å²) in [6.07, 6.45) is 1.17. The van der Waals surface area contributed by atoms with Gasteiger partial charge >= 0.3 is 0 Å². The SMILES string of the molecule is CCN(CC)CCCn1c(C)csc1=Nc1ccccc1. The van der Waals surface area contributed by atoms with Gasteiger partial charge in [-0.25, -0.2) is 4.99 Å². The Kier molecular flexibility index (Phi) is 6.21. The summed E-state index contributed by atoms with van der Waals surface area (Å²) >= 11 is 1.72. The summed E-state index contributed by atoms with van der Waals surface area (Å²) in [6.45, 7) is 11.1. The van der Waals surface area contributed by atoms with E-state index in [1.165, 1.54) is 12.1 Å². The van der Waals surface area contributed by atoms with Crippen LogP contribution in [-0.4, -0.2) is 29.1 Å². The number of thiazole rings is 1. The van der Waals surface area contributed by atoms with E-state index in [2.05, 4.69) is 47.8 Å². The highest BCUT2D eigenvalue weighted by Gasteiger charge is 2.03. The molecule has 0 unspecified atom stereocenters. The Balaban J connectivity index is 2.10. The second-order valence-electron chi connectivity index (χ2n) is 5.14. The van der Waals surface area contributed by atoms with Crippen LogP contribution in [0.15, 0.2) is 40.7 Å². The summed E-state index contributed by atoms with van der Waals surface area (Å²) < 4.78 is 2.33. The standard InChI is InChI=1S/C17H25N3S/c1-4-19(5-2)12-9-13-20-15(3)14-21-17(20)18-16-10-7-6-8-11-16/h6-8,10-11,14H,4-5,9,12-13H2,1-3H3. The summed E-state index contributed by atoms with van der Waals surface area (Å²) in [6, 6.07) is 10.2. The van der Waals surface area contributed by atoms with E-state index in [1.807, 2.05) is 18.2 Å². The molecule has 0 atom stereocenters. The van der Waals surface area contributed by atoms with Crippen LogP contribution in [0, 0.1) is 6.92 Å². The van der Waals surface area contributed by atoms with Gasteiger partial charge in [0.25, 0.3) is 0 Å². The second-order valence-corrected chi connectivity index (χ2v) is 5.98. The number of aryl methyl sites for hydroxylation is 1. The van der Waals surface area contributed by atoms with Gasteiger partial charge in [0.15, 0.2) is 4.80 Å². The molecule has 1 aromatic heterocycles. The Morgan fingerprint density at radius 3 is 2.52 bits per heavy atom. The van der Waals surface area contributed by atoms with Gasteiger partial charge in [-0.1, -0.05) is 32.0 Å². The van der Waals surface area contributed by atoms with Crippen LogP contribution in [0.5, 0.6) is 0 Å². The van der Waals surface area contributed by atoms with Crippen molar-refractivity contribution in [1.29, 1.82) is 0 Å². The highest BCUT2D eigenvalue weighted by molar-refractivity contribution is 7.07. The van der Waals surface area contributed by atoms with E-state index in [4.69, 9.17) is 4.99 Å². The highest BCUT2D eigenvalue weighted by Crippen LogP contribution is 2.10. The minimum Gasteiger partial charge on any atom is -0.321 e. The third-order valence-corrected chi connectivity index (χ3v) is 4.70. The molecule has 0 N–H and O–H groups in total. The summed E-state index contributed by atoms with van der Waals surface area (Å²) in [7, 11) is 0. The van der Waals surface area contributed by atoms with Crippen molar-refractivity contribution in [3.63, 3.8) is 0 Å². The number of hydrogen-bond acceptors (Lipinski definition) is 3. The van der Waals surface area contributed by atoms with E-state index < -0.39 is 0 Å². The largest absolute Gasteiger partial charge is 0.321 e. The first-order chi connectivity index (χ1) is 10.2. The molecule has 3 nitrogen and oxygen atoms in total. The van der Waals surface area contributed by atoms with Gasteiger partial charge in [0.05, 0.1) is 5.69 Å². The molecule has 0 saturated carbocycles. The monoisotopic (exact) mass is 303 g/mol. The lowest BCUT2D eigenvalue weighted by Crippen LogP contribution is -2.26. The van der Waals surface area contributed by atoms with Crippen molar-refractivity contribution in [2.24, 2.45) is 4.99 Å². The molecule has 0 aliphatic heterocycles. The van der Waals surface area contributed by atoms with Gasteiger partial charge in [0.2, 0.25) is 0 Å². The van der Waals surface area contributed by atoms with E-state index >= 15 is 0 Å². The molecule has 0 saturated heterocycles. The number of hydrogen-bond donors (Lipinski definition) is 0. The highest BCUT2D eigenvalue weighted by atomic mass is 32.1. The number of para-hydroxylation sites is 1. The topological polar surface area (TPSA) is 20.5 Å². The van der Waals surface area contributed by atoms with Gasteiger partial charge in [-0.3, -0.25) is 0 Å². The molecule has 21 heavy (non-hydrogen) atoms. The van der Waals surface area contributed by atoms with Crippen molar-refractivity contribution < 1.29 is 0 Å². The molecule has 1 aromatic carbocycles. The number of nitrogens with zero attached hydrogens (tertiary/aromatic N) is 3. The lowest BCUT2D eigenvalue weighted by atomic mass is 10.3. The normalized spacial score (nSPS) is 12.3. The van der Waals surface area contributed by atoms with Crippen LogP contribution in [0.25, 0.3) is 0 Å². The maximum atomic E-state index is 4.77. The molecule has 2 rings (SSSR count). The summed E-state index contributed by atoms with van der Waals surface area (Å²) in [4.78, 5) is 8.33. The van der Waals surface area contributed by atoms with E-state index in [9.17, 15) is 0 Å². The van der Waals surface area contributed by atoms with E-state index in [-0.39, 0.29) is 0 Å². The Hall–Kier alpha value is -1.39. The molecule has 0 fully saturated rings.